The minimum absolute atomic E-state index is 0.155. The molecule has 2 aromatic carbocycles. The lowest BCUT2D eigenvalue weighted by molar-refractivity contribution is -0.286. The maximum Gasteiger partial charge on any atom is 0.586 e. The largest absolute Gasteiger partial charge is 0.586 e. The molecule has 32 heavy (non-hydrogen) atoms. The SMILES string of the molecule is CSCC[C@H](NC(=O)c1ccccc1)C(=O)OCC(=O)Nc1ccc2c(c1)OC(F)(F)O2. The number of hydrogen-bond donors (Lipinski definition) is 2. The Balaban J connectivity index is 1.54. The molecule has 2 amide bonds. The average molecular weight is 466 g/mol. The summed E-state index contributed by atoms with van der Waals surface area (Å²) in [6.07, 6.45) is -1.59. The highest BCUT2D eigenvalue weighted by molar-refractivity contribution is 7.98. The fraction of sp³-hybridized carbons (Fsp3) is 0.286. The van der Waals surface area contributed by atoms with E-state index < -0.39 is 36.7 Å². The van der Waals surface area contributed by atoms with E-state index in [9.17, 15) is 23.2 Å². The van der Waals surface area contributed by atoms with Crippen molar-refractivity contribution >= 4 is 35.2 Å². The molecule has 0 spiro atoms. The Morgan fingerprint density at radius 1 is 1.09 bits per heavy atom. The van der Waals surface area contributed by atoms with Crippen LogP contribution < -0.4 is 20.1 Å². The Kier molecular flexibility index (Phi) is 7.52. The number of esters is 1. The Hall–Kier alpha value is -3.34. The summed E-state index contributed by atoms with van der Waals surface area (Å²) in [4.78, 5) is 36.9. The molecule has 170 valence electrons. The number of rotatable bonds is 9. The molecule has 1 aliphatic heterocycles. The molecule has 0 radical (unpaired) electrons. The van der Waals surface area contributed by atoms with Gasteiger partial charge in [0.2, 0.25) is 0 Å². The molecule has 0 fully saturated rings. The van der Waals surface area contributed by atoms with Crippen LogP contribution in [0.2, 0.25) is 0 Å². The first kappa shape index (κ1) is 23.3. The van der Waals surface area contributed by atoms with E-state index in [1.165, 1.54) is 23.9 Å². The number of hydrogen-bond acceptors (Lipinski definition) is 7. The molecule has 1 heterocycles. The predicted molar refractivity (Wildman–Crippen MR) is 113 cm³/mol. The molecule has 11 heteroatoms. The van der Waals surface area contributed by atoms with Gasteiger partial charge in [0, 0.05) is 17.3 Å². The zero-order valence-electron chi connectivity index (χ0n) is 16.9. The second kappa shape index (κ2) is 10.3. The number of alkyl halides is 2. The zero-order valence-corrected chi connectivity index (χ0v) is 17.7. The van der Waals surface area contributed by atoms with Gasteiger partial charge >= 0.3 is 12.3 Å². The van der Waals surface area contributed by atoms with Crippen LogP contribution in [0.1, 0.15) is 16.8 Å². The van der Waals surface area contributed by atoms with Crippen molar-refractivity contribution in [1.82, 2.24) is 5.32 Å². The lowest BCUT2D eigenvalue weighted by Gasteiger charge is -2.17. The number of fused-ring (bicyclic) bond motifs is 1. The van der Waals surface area contributed by atoms with Crippen LogP contribution >= 0.6 is 11.8 Å². The summed E-state index contributed by atoms with van der Waals surface area (Å²) >= 11 is 1.49. The standard InChI is InChI=1S/C21H20F2N2O6S/c1-32-10-9-15(25-19(27)13-5-3-2-4-6-13)20(28)29-12-18(26)24-14-7-8-16-17(11-14)31-21(22,23)30-16/h2-8,11,15H,9-10,12H2,1H3,(H,24,26)(H,25,27)/t15-/m0/s1. The van der Waals surface area contributed by atoms with E-state index in [2.05, 4.69) is 20.1 Å². The van der Waals surface area contributed by atoms with E-state index in [4.69, 9.17) is 4.74 Å². The fourth-order valence-electron chi connectivity index (χ4n) is 2.78. The van der Waals surface area contributed by atoms with Gasteiger partial charge in [-0.3, -0.25) is 9.59 Å². The lowest BCUT2D eigenvalue weighted by Crippen LogP contribution is -2.43. The fourth-order valence-corrected chi connectivity index (χ4v) is 3.25. The molecule has 0 aromatic heterocycles. The molecule has 2 aromatic rings. The van der Waals surface area contributed by atoms with Crippen LogP contribution in [-0.2, 0) is 14.3 Å². The van der Waals surface area contributed by atoms with E-state index in [-0.39, 0.29) is 17.2 Å². The van der Waals surface area contributed by atoms with E-state index >= 15 is 0 Å². The normalized spacial score (nSPS) is 14.3. The van der Waals surface area contributed by atoms with Gasteiger partial charge in [0.05, 0.1) is 0 Å². The van der Waals surface area contributed by atoms with Gasteiger partial charge in [-0.05, 0) is 42.7 Å². The maximum absolute atomic E-state index is 13.1. The molecule has 8 nitrogen and oxygen atoms in total. The van der Waals surface area contributed by atoms with Crippen LogP contribution in [0.5, 0.6) is 11.5 Å². The van der Waals surface area contributed by atoms with Gasteiger partial charge in [0.1, 0.15) is 6.04 Å². The number of anilines is 1. The molecular formula is C21H20F2N2O6S. The molecule has 0 unspecified atom stereocenters. The first-order valence-corrected chi connectivity index (χ1v) is 10.9. The van der Waals surface area contributed by atoms with Gasteiger partial charge in [-0.2, -0.15) is 11.8 Å². The third-order valence-corrected chi connectivity index (χ3v) is 4.91. The van der Waals surface area contributed by atoms with Crippen LogP contribution in [0.15, 0.2) is 48.5 Å². The van der Waals surface area contributed by atoms with Crippen LogP contribution in [0.3, 0.4) is 0 Å². The molecule has 1 atom stereocenters. The summed E-state index contributed by atoms with van der Waals surface area (Å²) in [5.41, 5.74) is 0.544. The molecule has 1 aliphatic rings. The number of benzene rings is 2. The van der Waals surface area contributed by atoms with Crippen molar-refractivity contribution in [1.29, 1.82) is 0 Å². The van der Waals surface area contributed by atoms with Crippen molar-refractivity contribution in [3.63, 3.8) is 0 Å². The predicted octanol–water partition coefficient (Wildman–Crippen LogP) is 3.04. The summed E-state index contributed by atoms with van der Waals surface area (Å²) in [6, 6.07) is 11.2. The topological polar surface area (TPSA) is 103 Å². The number of nitrogens with one attached hydrogen (secondary N) is 2. The Morgan fingerprint density at radius 2 is 1.81 bits per heavy atom. The quantitative estimate of drug-likeness (QED) is 0.548. The summed E-state index contributed by atoms with van der Waals surface area (Å²) in [5, 5.41) is 5.03. The van der Waals surface area contributed by atoms with Crippen molar-refractivity contribution < 1.29 is 37.4 Å². The van der Waals surface area contributed by atoms with Gasteiger partial charge < -0.3 is 24.8 Å². The Morgan fingerprint density at radius 3 is 2.53 bits per heavy atom. The Bertz CT molecular complexity index is 990. The second-order valence-electron chi connectivity index (χ2n) is 6.66. The van der Waals surface area contributed by atoms with E-state index in [1.807, 2.05) is 6.26 Å². The molecule has 0 saturated carbocycles. The first-order valence-electron chi connectivity index (χ1n) is 9.48. The van der Waals surface area contributed by atoms with Gasteiger partial charge in [-0.1, -0.05) is 18.2 Å². The highest BCUT2D eigenvalue weighted by Gasteiger charge is 2.43. The van der Waals surface area contributed by atoms with E-state index in [0.717, 1.165) is 6.07 Å². The third kappa shape index (κ3) is 6.33. The van der Waals surface area contributed by atoms with Crippen molar-refractivity contribution in [2.24, 2.45) is 0 Å². The van der Waals surface area contributed by atoms with Crippen LogP contribution in [0.4, 0.5) is 14.5 Å². The van der Waals surface area contributed by atoms with E-state index in [1.54, 1.807) is 30.3 Å². The number of carbonyl (C=O) groups is 3. The summed E-state index contributed by atoms with van der Waals surface area (Å²) < 4.78 is 39.8. The zero-order chi connectivity index (χ0) is 23.1. The monoisotopic (exact) mass is 466 g/mol. The van der Waals surface area contributed by atoms with E-state index in [0.29, 0.717) is 17.7 Å². The highest BCUT2D eigenvalue weighted by atomic mass is 32.2. The summed E-state index contributed by atoms with van der Waals surface area (Å²) in [5.74, 6) is -1.69. The van der Waals surface area contributed by atoms with Crippen molar-refractivity contribution in [2.75, 3.05) is 23.9 Å². The first-order chi connectivity index (χ1) is 15.3. The van der Waals surface area contributed by atoms with Gasteiger partial charge in [-0.25, -0.2) is 4.79 Å². The van der Waals surface area contributed by atoms with Crippen LogP contribution in [0.25, 0.3) is 0 Å². The number of amides is 2. The molecule has 0 saturated heterocycles. The smallest absolute Gasteiger partial charge is 0.454 e. The van der Waals surface area contributed by atoms with Gasteiger partial charge in [0.15, 0.2) is 18.1 Å². The molecule has 0 aliphatic carbocycles. The maximum atomic E-state index is 13.1. The number of ether oxygens (including phenoxy) is 3. The minimum Gasteiger partial charge on any atom is -0.454 e. The average Bonchev–Trinajstić information content (AvgIpc) is 3.08. The van der Waals surface area contributed by atoms with Crippen molar-refractivity contribution in [3.05, 3.63) is 54.1 Å². The minimum atomic E-state index is -3.77. The van der Waals surface area contributed by atoms with Crippen LogP contribution in [-0.4, -0.2) is 48.7 Å². The molecule has 2 N–H and O–H groups in total. The number of carbonyl (C=O) groups excluding carboxylic acids is 3. The highest BCUT2D eigenvalue weighted by Crippen LogP contribution is 2.42. The third-order valence-electron chi connectivity index (χ3n) is 4.27. The summed E-state index contributed by atoms with van der Waals surface area (Å²) in [7, 11) is 0. The van der Waals surface area contributed by atoms with Gasteiger partial charge in [0.25, 0.3) is 11.8 Å². The van der Waals surface area contributed by atoms with Gasteiger partial charge in [-0.15, -0.1) is 8.78 Å². The number of halogens is 2. The number of thioether (sulfide) groups is 1. The second-order valence-corrected chi connectivity index (χ2v) is 7.64. The Labute approximate surface area is 186 Å². The molecule has 0 bridgehead atoms. The molecular weight excluding hydrogens is 446 g/mol. The van der Waals surface area contributed by atoms with Crippen LogP contribution in [0, 0.1) is 0 Å². The summed E-state index contributed by atoms with van der Waals surface area (Å²) in [6.45, 7) is -0.625. The van der Waals surface area contributed by atoms with Crippen molar-refractivity contribution in [2.45, 2.75) is 18.8 Å². The molecule has 3 rings (SSSR count). The van der Waals surface area contributed by atoms with Crippen molar-refractivity contribution in [3.8, 4) is 11.5 Å². The lowest BCUT2D eigenvalue weighted by atomic mass is 10.1.